The van der Waals surface area contributed by atoms with Crippen molar-refractivity contribution in [3.05, 3.63) is 60.4 Å². The van der Waals surface area contributed by atoms with E-state index in [9.17, 15) is 8.42 Å². The summed E-state index contributed by atoms with van der Waals surface area (Å²) in [6.07, 6.45) is 2.51. The average molecular weight is 374 g/mol. The summed E-state index contributed by atoms with van der Waals surface area (Å²) < 4.78 is 29.3. The lowest BCUT2D eigenvalue weighted by atomic mass is 10.2. The minimum Gasteiger partial charge on any atom is -0.311 e. The average Bonchev–Trinajstić information content (AvgIpc) is 3.01. The zero-order valence-electron chi connectivity index (χ0n) is 13.9. The molecule has 0 atom stereocenters. The largest absolute Gasteiger partial charge is 0.311 e. The molecule has 1 aromatic heterocycles. The Bertz CT molecular complexity index is 949. The van der Waals surface area contributed by atoms with Crippen LogP contribution in [0.15, 0.2) is 69.8 Å². The first kappa shape index (κ1) is 17.5. The number of sulfonamides is 1. The molecule has 1 N–H and O–H groups in total. The Morgan fingerprint density at radius 2 is 1.76 bits per heavy atom. The van der Waals surface area contributed by atoms with Gasteiger partial charge in [0.2, 0.25) is 0 Å². The third-order valence-electron chi connectivity index (χ3n) is 3.63. The summed E-state index contributed by atoms with van der Waals surface area (Å²) >= 11 is 1.46. The fourth-order valence-electron chi connectivity index (χ4n) is 2.18. The third-order valence-corrected chi connectivity index (χ3v) is 6.08. The number of hydrogen-bond acceptors (Lipinski definition) is 5. The van der Waals surface area contributed by atoms with Crippen LogP contribution in [0.5, 0.6) is 0 Å². The number of nitrogens with zero attached hydrogens (tertiary/aromatic N) is 3. The number of anilines is 1. The van der Waals surface area contributed by atoms with Gasteiger partial charge in [-0.2, -0.15) is 0 Å². The maximum absolute atomic E-state index is 12.4. The van der Waals surface area contributed by atoms with Crippen LogP contribution in [0.4, 0.5) is 5.69 Å². The van der Waals surface area contributed by atoms with Crippen molar-refractivity contribution in [2.75, 3.05) is 4.72 Å². The van der Waals surface area contributed by atoms with E-state index in [0.29, 0.717) is 5.69 Å². The van der Waals surface area contributed by atoms with Crippen molar-refractivity contribution in [3.8, 4) is 0 Å². The molecular weight excluding hydrogens is 356 g/mol. The molecule has 0 saturated carbocycles. The van der Waals surface area contributed by atoms with Crippen molar-refractivity contribution >= 4 is 27.5 Å². The second-order valence-corrected chi connectivity index (χ2v) is 8.18. The third kappa shape index (κ3) is 4.21. The monoisotopic (exact) mass is 374 g/mol. The molecule has 25 heavy (non-hydrogen) atoms. The van der Waals surface area contributed by atoms with Crippen LogP contribution < -0.4 is 4.72 Å². The fourth-order valence-corrected chi connectivity index (χ4v) is 4.00. The van der Waals surface area contributed by atoms with Crippen LogP contribution in [-0.2, 0) is 23.5 Å². The van der Waals surface area contributed by atoms with E-state index in [1.807, 2.05) is 42.8 Å². The first-order valence-electron chi connectivity index (χ1n) is 7.71. The highest BCUT2D eigenvalue weighted by Gasteiger charge is 2.14. The summed E-state index contributed by atoms with van der Waals surface area (Å²) in [7, 11) is -1.72. The Kier molecular flexibility index (Phi) is 5.10. The molecule has 8 heteroatoms. The molecule has 0 amide bonds. The molecule has 0 fully saturated rings. The van der Waals surface area contributed by atoms with Gasteiger partial charge in [0.15, 0.2) is 5.16 Å². The lowest BCUT2D eigenvalue weighted by Crippen LogP contribution is -2.12. The van der Waals surface area contributed by atoms with Crippen molar-refractivity contribution in [2.24, 2.45) is 7.05 Å². The number of aromatic nitrogens is 3. The number of nitrogens with one attached hydrogen (secondary N) is 1. The highest BCUT2D eigenvalue weighted by atomic mass is 32.2. The minimum absolute atomic E-state index is 0.252. The molecule has 0 saturated heterocycles. The smallest absolute Gasteiger partial charge is 0.261 e. The Labute approximate surface area is 151 Å². The van der Waals surface area contributed by atoms with Gasteiger partial charge in [0.25, 0.3) is 10.0 Å². The van der Waals surface area contributed by atoms with Gasteiger partial charge in [-0.1, -0.05) is 19.1 Å². The summed E-state index contributed by atoms with van der Waals surface area (Å²) in [5.74, 6) is 0. The van der Waals surface area contributed by atoms with E-state index in [1.165, 1.54) is 11.8 Å². The number of rotatable bonds is 6. The van der Waals surface area contributed by atoms with E-state index in [1.54, 1.807) is 30.6 Å². The van der Waals surface area contributed by atoms with Crippen LogP contribution in [0.25, 0.3) is 0 Å². The van der Waals surface area contributed by atoms with E-state index in [2.05, 4.69) is 14.9 Å². The van der Waals surface area contributed by atoms with Crippen LogP contribution in [-0.4, -0.2) is 23.2 Å². The van der Waals surface area contributed by atoms with Gasteiger partial charge in [-0.25, -0.2) is 8.42 Å². The number of hydrogen-bond donors (Lipinski definition) is 1. The molecule has 0 unspecified atom stereocenters. The zero-order chi connectivity index (χ0) is 17.9. The Balaban J connectivity index is 1.72. The lowest BCUT2D eigenvalue weighted by Gasteiger charge is -2.09. The lowest BCUT2D eigenvalue weighted by molar-refractivity contribution is 0.601. The normalized spacial score (nSPS) is 11.4. The maximum atomic E-state index is 12.4. The van der Waals surface area contributed by atoms with Crippen LogP contribution in [0.3, 0.4) is 0 Å². The van der Waals surface area contributed by atoms with Gasteiger partial charge >= 0.3 is 0 Å². The van der Waals surface area contributed by atoms with Gasteiger partial charge < -0.3 is 4.57 Å². The van der Waals surface area contributed by atoms with Crippen molar-refractivity contribution in [3.63, 3.8) is 0 Å². The van der Waals surface area contributed by atoms with E-state index in [-0.39, 0.29) is 4.90 Å². The molecule has 0 bridgehead atoms. The van der Waals surface area contributed by atoms with Crippen LogP contribution >= 0.6 is 11.8 Å². The van der Waals surface area contributed by atoms with E-state index in [4.69, 9.17) is 0 Å². The summed E-state index contributed by atoms with van der Waals surface area (Å²) in [4.78, 5) is 1.20. The highest BCUT2D eigenvalue weighted by Crippen LogP contribution is 2.27. The Hall–Kier alpha value is -2.32. The fraction of sp³-hybridized carbons (Fsp3) is 0.176. The highest BCUT2D eigenvalue weighted by molar-refractivity contribution is 7.99. The van der Waals surface area contributed by atoms with Crippen LogP contribution in [0, 0.1) is 0 Å². The Morgan fingerprint density at radius 3 is 2.32 bits per heavy atom. The molecular formula is C17H18N4O2S2. The second-order valence-electron chi connectivity index (χ2n) is 5.45. The van der Waals surface area contributed by atoms with Gasteiger partial charge in [0, 0.05) is 17.6 Å². The van der Waals surface area contributed by atoms with E-state index < -0.39 is 10.0 Å². The molecule has 1 heterocycles. The van der Waals surface area contributed by atoms with Crippen LogP contribution in [0.1, 0.15) is 12.5 Å². The Morgan fingerprint density at radius 1 is 1.08 bits per heavy atom. The predicted molar refractivity (Wildman–Crippen MR) is 98.2 cm³/mol. The maximum Gasteiger partial charge on any atom is 0.261 e. The molecule has 0 spiro atoms. The van der Waals surface area contributed by atoms with Crippen molar-refractivity contribution in [2.45, 2.75) is 28.3 Å². The van der Waals surface area contributed by atoms with Gasteiger partial charge in [-0.15, -0.1) is 10.2 Å². The molecule has 3 rings (SSSR count). The van der Waals surface area contributed by atoms with E-state index >= 15 is 0 Å². The quantitative estimate of drug-likeness (QED) is 0.716. The summed E-state index contributed by atoms with van der Waals surface area (Å²) in [5.41, 5.74) is 1.62. The second kappa shape index (κ2) is 7.28. The predicted octanol–water partition coefficient (Wildman–Crippen LogP) is 3.33. The van der Waals surface area contributed by atoms with Crippen molar-refractivity contribution in [1.82, 2.24) is 14.8 Å². The molecule has 0 aliphatic carbocycles. The number of benzene rings is 2. The summed E-state index contributed by atoms with van der Waals surface area (Å²) in [5, 5.41) is 8.61. The van der Waals surface area contributed by atoms with Crippen molar-refractivity contribution < 1.29 is 8.42 Å². The topological polar surface area (TPSA) is 76.9 Å². The first-order valence-corrected chi connectivity index (χ1v) is 10.0. The molecule has 6 nitrogen and oxygen atoms in total. The minimum atomic E-state index is -3.59. The number of aryl methyl sites for hydroxylation is 2. The first-order chi connectivity index (χ1) is 12.0. The van der Waals surface area contributed by atoms with Gasteiger partial charge in [0.05, 0.1) is 4.90 Å². The summed E-state index contributed by atoms with van der Waals surface area (Å²) in [6.45, 7) is 2.03. The van der Waals surface area contributed by atoms with Crippen molar-refractivity contribution in [1.29, 1.82) is 0 Å². The van der Waals surface area contributed by atoms with Gasteiger partial charge in [0.1, 0.15) is 6.33 Å². The molecule has 2 aromatic carbocycles. The summed E-state index contributed by atoms with van der Waals surface area (Å²) in [6, 6.07) is 14.1. The van der Waals surface area contributed by atoms with Gasteiger partial charge in [-0.3, -0.25) is 4.72 Å². The molecule has 0 radical (unpaired) electrons. The molecule has 0 aliphatic heterocycles. The SMILES string of the molecule is CCc1ccc(S(=O)(=O)Nc2ccc(Sc3nncn3C)cc2)cc1. The zero-order valence-corrected chi connectivity index (χ0v) is 15.5. The van der Waals surface area contributed by atoms with Crippen LogP contribution in [0.2, 0.25) is 0 Å². The molecule has 0 aliphatic rings. The molecule has 3 aromatic rings. The standard InChI is InChI=1S/C17H18N4O2S2/c1-3-13-4-10-16(11-5-13)25(22,23)20-14-6-8-15(9-7-14)24-17-19-18-12-21(17)2/h4-12,20H,3H2,1-2H3. The molecule has 130 valence electrons. The van der Waals surface area contributed by atoms with Gasteiger partial charge in [-0.05, 0) is 60.1 Å². The van der Waals surface area contributed by atoms with E-state index in [0.717, 1.165) is 22.0 Å².